The van der Waals surface area contributed by atoms with Gasteiger partial charge in [0.05, 0.1) is 17.0 Å². The van der Waals surface area contributed by atoms with Crippen molar-refractivity contribution in [2.75, 3.05) is 13.2 Å². The van der Waals surface area contributed by atoms with Crippen LogP contribution in [0.15, 0.2) is 70.9 Å². The molecule has 0 aliphatic carbocycles. The number of carbonyl (C=O) groups excluding carboxylic acids is 1. The van der Waals surface area contributed by atoms with Gasteiger partial charge in [-0.25, -0.2) is 13.1 Å². The molecule has 0 saturated heterocycles. The highest BCUT2D eigenvalue weighted by molar-refractivity contribution is 7.89. The van der Waals surface area contributed by atoms with Gasteiger partial charge in [-0.2, -0.15) is 13.2 Å². The van der Waals surface area contributed by atoms with Crippen molar-refractivity contribution in [1.82, 2.24) is 10.0 Å². The lowest BCUT2D eigenvalue weighted by atomic mass is 10.2. The number of alkyl halides is 3. The molecular formula is C21H19F3N2O4S2. The fourth-order valence-corrected chi connectivity index (χ4v) is 4.43. The molecular weight excluding hydrogens is 465 g/mol. The molecule has 1 amide bonds. The third kappa shape index (κ3) is 6.55. The van der Waals surface area contributed by atoms with Crippen molar-refractivity contribution in [2.45, 2.75) is 17.6 Å². The lowest BCUT2D eigenvalue weighted by molar-refractivity contribution is -0.137. The number of rotatable bonds is 9. The maximum absolute atomic E-state index is 12.6. The molecule has 11 heteroatoms. The lowest BCUT2D eigenvalue weighted by Gasteiger charge is -2.10. The van der Waals surface area contributed by atoms with Gasteiger partial charge >= 0.3 is 6.18 Å². The molecule has 0 radical (unpaired) electrons. The molecule has 1 aromatic heterocycles. The van der Waals surface area contributed by atoms with Crippen LogP contribution in [-0.2, 0) is 22.7 Å². The third-order valence-corrected chi connectivity index (χ3v) is 6.54. The van der Waals surface area contributed by atoms with Crippen LogP contribution in [0, 0.1) is 0 Å². The minimum atomic E-state index is -4.42. The molecule has 0 unspecified atom stereocenters. The van der Waals surface area contributed by atoms with Crippen LogP contribution in [0.1, 0.15) is 20.8 Å². The molecule has 1 heterocycles. The highest BCUT2D eigenvalue weighted by Crippen LogP contribution is 2.30. The van der Waals surface area contributed by atoms with E-state index in [-0.39, 0.29) is 35.9 Å². The van der Waals surface area contributed by atoms with Gasteiger partial charge in [-0.1, -0.05) is 12.1 Å². The van der Waals surface area contributed by atoms with Gasteiger partial charge in [-0.15, -0.1) is 11.3 Å². The Labute approximate surface area is 187 Å². The van der Waals surface area contributed by atoms with Crippen LogP contribution >= 0.6 is 11.3 Å². The van der Waals surface area contributed by atoms with Crippen molar-refractivity contribution in [1.29, 1.82) is 0 Å². The average molecular weight is 485 g/mol. The van der Waals surface area contributed by atoms with Crippen molar-refractivity contribution in [3.05, 3.63) is 82.0 Å². The topological polar surface area (TPSA) is 84.5 Å². The number of benzene rings is 2. The number of amides is 1. The first kappa shape index (κ1) is 23.8. The maximum atomic E-state index is 12.6. The SMILES string of the molecule is O=C(NCCOc1ccc(C(F)(F)F)cc1)c1cccc(S(=O)(=O)NCc2cccs2)c1. The van der Waals surface area contributed by atoms with Crippen LogP contribution in [0.3, 0.4) is 0 Å². The second kappa shape index (κ2) is 10.2. The van der Waals surface area contributed by atoms with Crippen LogP contribution in [0.4, 0.5) is 13.2 Å². The first-order valence-corrected chi connectivity index (χ1v) is 11.7. The Kier molecular flexibility index (Phi) is 7.54. The van der Waals surface area contributed by atoms with Crippen LogP contribution in [0.2, 0.25) is 0 Å². The highest BCUT2D eigenvalue weighted by Gasteiger charge is 2.30. The quantitative estimate of drug-likeness (QED) is 0.449. The third-order valence-electron chi connectivity index (χ3n) is 4.26. The zero-order valence-corrected chi connectivity index (χ0v) is 18.2. The molecule has 0 saturated carbocycles. The zero-order chi connectivity index (χ0) is 23.2. The van der Waals surface area contributed by atoms with Crippen molar-refractivity contribution < 1.29 is 31.1 Å². The maximum Gasteiger partial charge on any atom is 0.416 e. The molecule has 3 rings (SSSR count). The summed E-state index contributed by atoms with van der Waals surface area (Å²) >= 11 is 1.43. The number of nitrogens with one attached hydrogen (secondary N) is 2. The van der Waals surface area contributed by atoms with E-state index in [9.17, 15) is 26.4 Å². The number of halogens is 3. The van der Waals surface area contributed by atoms with Crippen molar-refractivity contribution >= 4 is 27.3 Å². The predicted molar refractivity (Wildman–Crippen MR) is 114 cm³/mol. The Balaban J connectivity index is 1.51. The van der Waals surface area contributed by atoms with Gasteiger partial charge < -0.3 is 10.1 Å². The monoisotopic (exact) mass is 484 g/mol. The number of hydrogen-bond donors (Lipinski definition) is 2. The van der Waals surface area contributed by atoms with Gasteiger partial charge in [0.15, 0.2) is 0 Å². The predicted octanol–water partition coefficient (Wildman–Crippen LogP) is 4.05. The smallest absolute Gasteiger partial charge is 0.416 e. The van der Waals surface area contributed by atoms with Crippen molar-refractivity contribution in [2.24, 2.45) is 0 Å². The molecule has 6 nitrogen and oxygen atoms in total. The molecule has 2 N–H and O–H groups in total. The van der Waals surface area contributed by atoms with Gasteiger partial charge in [0.2, 0.25) is 10.0 Å². The molecule has 0 aliphatic rings. The van der Waals surface area contributed by atoms with Crippen LogP contribution in [0.25, 0.3) is 0 Å². The Morgan fingerprint density at radius 3 is 2.44 bits per heavy atom. The molecule has 32 heavy (non-hydrogen) atoms. The van der Waals surface area contributed by atoms with E-state index in [4.69, 9.17) is 4.74 Å². The summed E-state index contributed by atoms with van der Waals surface area (Å²) in [5.74, 6) is -0.270. The van der Waals surface area contributed by atoms with Crippen LogP contribution in [0.5, 0.6) is 5.75 Å². The van der Waals surface area contributed by atoms with E-state index in [0.717, 1.165) is 17.0 Å². The second-order valence-corrected chi connectivity index (χ2v) is 9.36. The van der Waals surface area contributed by atoms with Gasteiger partial charge in [0.1, 0.15) is 12.4 Å². The lowest BCUT2D eigenvalue weighted by Crippen LogP contribution is -2.28. The van der Waals surface area contributed by atoms with Crippen LogP contribution in [-0.4, -0.2) is 27.5 Å². The number of ether oxygens (including phenoxy) is 1. The first-order chi connectivity index (χ1) is 15.1. The molecule has 2 aromatic carbocycles. The number of thiophene rings is 1. The van der Waals surface area contributed by atoms with E-state index in [0.29, 0.717) is 0 Å². The molecule has 0 spiro atoms. The average Bonchev–Trinajstić information content (AvgIpc) is 3.29. The Morgan fingerprint density at radius 2 is 1.78 bits per heavy atom. The summed E-state index contributed by atoms with van der Waals surface area (Å²) in [5, 5.41) is 4.42. The van der Waals surface area contributed by atoms with E-state index in [1.54, 1.807) is 0 Å². The summed E-state index contributed by atoms with van der Waals surface area (Å²) in [6.07, 6.45) is -4.42. The van der Waals surface area contributed by atoms with Crippen LogP contribution < -0.4 is 14.8 Å². The molecule has 0 atom stereocenters. The molecule has 3 aromatic rings. The van der Waals surface area contributed by atoms with Crippen molar-refractivity contribution in [3.8, 4) is 5.75 Å². The summed E-state index contributed by atoms with van der Waals surface area (Å²) < 4.78 is 70.4. The minimum absolute atomic E-state index is 0.0253. The number of hydrogen-bond acceptors (Lipinski definition) is 5. The minimum Gasteiger partial charge on any atom is -0.492 e. The normalized spacial score (nSPS) is 11.8. The summed E-state index contributed by atoms with van der Waals surface area (Å²) in [7, 11) is -3.80. The van der Waals surface area contributed by atoms with E-state index in [2.05, 4.69) is 10.0 Å². The fraction of sp³-hybridized carbons (Fsp3) is 0.190. The Morgan fingerprint density at radius 1 is 1.03 bits per heavy atom. The van der Waals surface area contributed by atoms with Gasteiger partial charge in [-0.3, -0.25) is 4.79 Å². The summed E-state index contributed by atoms with van der Waals surface area (Å²) in [5.41, 5.74) is -0.628. The van der Waals surface area contributed by atoms with Gasteiger partial charge in [0, 0.05) is 17.0 Å². The standard InChI is InChI=1S/C21H19F3N2O4S2/c22-21(23,24)16-6-8-17(9-7-16)30-11-10-25-20(27)15-3-1-5-19(13-15)32(28,29)26-14-18-4-2-12-31-18/h1-9,12-13,26H,10-11,14H2,(H,25,27). The molecule has 0 fully saturated rings. The van der Waals surface area contributed by atoms with E-state index in [1.165, 1.54) is 47.7 Å². The van der Waals surface area contributed by atoms with Gasteiger partial charge in [0.25, 0.3) is 5.91 Å². The van der Waals surface area contributed by atoms with Crippen molar-refractivity contribution in [3.63, 3.8) is 0 Å². The fourth-order valence-electron chi connectivity index (χ4n) is 2.64. The molecule has 0 bridgehead atoms. The second-order valence-electron chi connectivity index (χ2n) is 6.56. The molecule has 170 valence electrons. The highest BCUT2D eigenvalue weighted by atomic mass is 32.2. The zero-order valence-electron chi connectivity index (χ0n) is 16.6. The Bertz CT molecular complexity index is 1150. The van der Waals surface area contributed by atoms with E-state index in [1.807, 2.05) is 17.5 Å². The number of sulfonamides is 1. The van der Waals surface area contributed by atoms with E-state index >= 15 is 0 Å². The summed E-state index contributed by atoms with van der Waals surface area (Å²) in [4.78, 5) is 13.1. The van der Waals surface area contributed by atoms with E-state index < -0.39 is 27.7 Å². The molecule has 0 aliphatic heterocycles. The Hall–Kier alpha value is -2.89. The number of carbonyl (C=O) groups is 1. The first-order valence-electron chi connectivity index (χ1n) is 9.35. The van der Waals surface area contributed by atoms with Gasteiger partial charge in [-0.05, 0) is 53.9 Å². The summed E-state index contributed by atoms with van der Waals surface area (Å²) in [6, 6.07) is 13.4. The summed E-state index contributed by atoms with van der Waals surface area (Å²) in [6.45, 7) is 0.253. The largest absolute Gasteiger partial charge is 0.492 e.